The van der Waals surface area contributed by atoms with Crippen molar-refractivity contribution >= 4 is 17.8 Å². The summed E-state index contributed by atoms with van der Waals surface area (Å²) in [4.78, 5) is 37.6. The minimum absolute atomic E-state index is 0.0158. The number of rotatable bonds is 6. The summed E-state index contributed by atoms with van der Waals surface area (Å²) in [6, 6.07) is 8.59. The van der Waals surface area contributed by atoms with Crippen LogP contribution in [0.1, 0.15) is 31.2 Å². The van der Waals surface area contributed by atoms with Crippen molar-refractivity contribution in [3.63, 3.8) is 0 Å². The van der Waals surface area contributed by atoms with Crippen LogP contribution in [0.5, 0.6) is 5.75 Å². The molecule has 26 heavy (non-hydrogen) atoms. The lowest BCUT2D eigenvalue weighted by Gasteiger charge is -2.19. The number of likely N-dealkylation sites (tertiary alicyclic amines) is 1. The average molecular weight is 356 g/mol. The van der Waals surface area contributed by atoms with Crippen LogP contribution >= 0.6 is 0 Å². The first kappa shape index (κ1) is 17.9. The van der Waals surface area contributed by atoms with Crippen LogP contribution in [0.25, 0.3) is 0 Å². The van der Waals surface area contributed by atoms with Gasteiger partial charge in [0.2, 0.25) is 11.8 Å². The highest BCUT2D eigenvalue weighted by atomic mass is 16.6. The molecule has 0 aromatic heterocycles. The van der Waals surface area contributed by atoms with E-state index in [2.05, 4.69) is 0 Å². The summed E-state index contributed by atoms with van der Waals surface area (Å²) in [5, 5.41) is 8.73. The number of benzene rings is 1. The summed E-state index contributed by atoms with van der Waals surface area (Å²) >= 11 is 0. The van der Waals surface area contributed by atoms with E-state index < -0.39 is 5.97 Å². The van der Waals surface area contributed by atoms with Crippen LogP contribution in [-0.4, -0.2) is 42.4 Å². The van der Waals surface area contributed by atoms with Gasteiger partial charge in [-0.05, 0) is 37.1 Å². The molecule has 2 unspecified atom stereocenters. The number of imide groups is 1. The summed E-state index contributed by atoms with van der Waals surface area (Å²) in [5.41, 5.74) is 0.532. The molecular formula is C19H20N2O5. The van der Waals surface area contributed by atoms with E-state index >= 15 is 0 Å². The second kappa shape index (κ2) is 8.00. The fourth-order valence-corrected chi connectivity index (χ4v) is 3.50. The molecule has 0 N–H and O–H groups in total. The van der Waals surface area contributed by atoms with Crippen LogP contribution in [0, 0.1) is 23.2 Å². The first-order valence-electron chi connectivity index (χ1n) is 8.74. The molecule has 2 atom stereocenters. The van der Waals surface area contributed by atoms with Gasteiger partial charge in [-0.25, -0.2) is 0 Å². The van der Waals surface area contributed by atoms with Gasteiger partial charge in [0, 0.05) is 0 Å². The number of carbonyl (C=O) groups excluding carboxylic acids is 3. The summed E-state index contributed by atoms with van der Waals surface area (Å²) in [7, 11) is 0. The highest BCUT2D eigenvalue weighted by Gasteiger charge is 2.48. The molecule has 2 amide bonds. The number of esters is 1. The number of hydrogen-bond donors (Lipinski definition) is 0. The van der Waals surface area contributed by atoms with Crippen molar-refractivity contribution in [1.82, 2.24) is 4.90 Å². The van der Waals surface area contributed by atoms with E-state index in [9.17, 15) is 14.4 Å². The Kier molecular flexibility index (Phi) is 5.52. The second-order valence-electron chi connectivity index (χ2n) is 6.47. The third-order valence-corrected chi connectivity index (χ3v) is 4.82. The highest BCUT2D eigenvalue weighted by Crippen LogP contribution is 2.37. The first-order chi connectivity index (χ1) is 12.6. The lowest BCUT2D eigenvalue weighted by molar-refractivity contribution is -0.153. The molecule has 136 valence electrons. The van der Waals surface area contributed by atoms with Gasteiger partial charge in [0.1, 0.15) is 25.5 Å². The summed E-state index contributed by atoms with van der Waals surface area (Å²) < 4.78 is 10.5. The van der Waals surface area contributed by atoms with Gasteiger partial charge in [0.25, 0.3) is 0 Å². The lowest BCUT2D eigenvalue weighted by atomic mass is 9.81. The molecule has 1 aliphatic carbocycles. The molecule has 2 fully saturated rings. The molecule has 0 radical (unpaired) electrons. The third-order valence-electron chi connectivity index (χ3n) is 4.82. The van der Waals surface area contributed by atoms with Crippen LogP contribution in [0.15, 0.2) is 24.3 Å². The predicted octanol–water partition coefficient (Wildman–Crippen LogP) is 1.66. The Morgan fingerprint density at radius 2 is 1.69 bits per heavy atom. The van der Waals surface area contributed by atoms with Gasteiger partial charge >= 0.3 is 5.97 Å². The molecule has 1 aromatic carbocycles. The molecular weight excluding hydrogens is 336 g/mol. The van der Waals surface area contributed by atoms with Crippen molar-refractivity contribution < 1.29 is 23.9 Å². The van der Waals surface area contributed by atoms with Gasteiger partial charge in [-0.15, -0.1) is 0 Å². The maximum Gasteiger partial charge on any atom is 0.326 e. The van der Waals surface area contributed by atoms with Gasteiger partial charge < -0.3 is 9.47 Å². The van der Waals surface area contributed by atoms with Gasteiger partial charge in [-0.2, -0.15) is 5.26 Å². The van der Waals surface area contributed by atoms with E-state index in [1.54, 1.807) is 24.3 Å². The molecule has 7 nitrogen and oxygen atoms in total. The number of nitrogens with zero attached hydrogens (tertiary/aromatic N) is 2. The van der Waals surface area contributed by atoms with E-state index in [1.807, 2.05) is 6.07 Å². The average Bonchev–Trinajstić information content (AvgIpc) is 2.91. The minimum Gasteiger partial charge on any atom is -0.490 e. The Morgan fingerprint density at radius 1 is 1.08 bits per heavy atom. The van der Waals surface area contributed by atoms with Crippen molar-refractivity contribution in [2.45, 2.75) is 25.7 Å². The smallest absolute Gasteiger partial charge is 0.326 e. The van der Waals surface area contributed by atoms with Crippen molar-refractivity contribution in [1.29, 1.82) is 5.26 Å². The first-order valence-corrected chi connectivity index (χ1v) is 8.74. The van der Waals surface area contributed by atoms with Crippen molar-refractivity contribution in [3.8, 4) is 11.8 Å². The summed E-state index contributed by atoms with van der Waals surface area (Å²) in [5.74, 6) is -1.06. The molecule has 0 bridgehead atoms. The second-order valence-corrected chi connectivity index (χ2v) is 6.47. The Labute approximate surface area is 151 Å². The molecule has 1 saturated carbocycles. The molecule has 7 heteroatoms. The fraction of sp³-hybridized carbons (Fsp3) is 0.474. The van der Waals surface area contributed by atoms with E-state index in [1.165, 1.54) is 0 Å². The van der Waals surface area contributed by atoms with Crippen LogP contribution in [0.3, 0.4) is 0 Å². The zero-order valence-corrected chi connectivity index (χ0v) is 14.3. The number of nitriles is 1. The van der Waals surface area contributed by atoms with Gasteiger partial charge in [-0.3, -0.25) is 19.3 Å². The maximum atomic E-state index is 12.3. The Bertz CT molecular complexity index is 713. The van der Waals surface area contributed by atoms with Gasteiger partial charge in [-0.1, -0.05) is 12.8 Å². The van der Waals surface area contributed by atoms with Crippen LogP contribution < -0.4 is 4.74 Å². The Balaban J connectivity index is 1.42. The fourth-order valence-electron chi connectivity index (χ4n) is 3.50. The number of amides is 2. The van der Waals surface area contributed by atoms with Crippen LogP contribution in [0.2, 0.25) is 0 Å². The van der Waals surface area contributed by atoms with Crippen LogP contribution in [0.4, 0.5) is 0 Å². The molecule has 2 aliphatic rings. The Hall–Kier alpha value is -2.88. The summed E-state index contributed by atoms with van der Waals surface area (Å²) in [6.45, 7) is -0.172. The largest absolute Gasteiger partial charge is 0.490 e. The Morgan fingerprint density at radius 3 is 2.27 bits per heavy atom. The highest BCUT2D eigenvalue weighted by molar-refractivity contribution is 6.07. The van der Waals surface area contributed by atoms with Gasteiger partial charge in [0.05, 0.1) is 23.5 Å². The molecule has 3 rings (SSSR count). The molecule has 1 heterocycles. The van der Waals surface area contributed by atoms with Crippen molar-refractivity contribution in [2.75, 3.05) is 19.8 Å². The van der Waals surface area contributed by atoms with E-state index in [0.717, 1.165) is 30.6 Å². The molecule has 1 aliphatic heterocycles. The van der Waals surface area contributed by atoms with E-state index in [-0.39, 0.29) is 43.4 Å². The maximum absolute atomic E-state index is 12.3. The number of ether oxygens (including phenoxy) is 2. The SMILES string of the molecule is N#Cc1ccc(OCCOC(=O)CN2C(=O)C3CCCCC3C2=O)cc1. The predicted molar refractivity (Wildman–Crippen MR) is 89.8 cm³/mol. The zero-order chi connectivity index (χ0) is 18.5. The third kappa shape index (κ3) is 3.85. The van der Waals surface area contributed by atoms with Crippen molar-refractivity contribution in [2.24, 2.45) is 11.8 Å². The number of carbonyl (C=O) groups is 3. The normalized spacial score (nSPS) is 21.9. The molecule has 0 spiro atoms. The van der Waals surface area contributed by atoms with Crippen LogP contribution in [-0.2, 0) is 19.1 Å². The standard InChI is InChI=1S/C19H20N2O5/c20-11-13-5-7-14(8-6-13)25-9-10-26-17(22)12-21-18(23)15-3-1-2-4-16(15)19(21)24/h5-8,15-16H,1-4,9-10,12H2. The zero-order valence-electron chi connectivity index (χ0n) is 14.3. The van der Waals surface area contributed by atoms with E-state index in [0.29, 0.717) is 11.3 Å². The summed E-state index contributed by atoms with van der Waals surface area (Å²) in [6.07, 6.45) is 3.34. The number of fused-ring (bicyclic) bond motifs is 1. The minimum atomic E-state index is -0.617. The monoisotopic (exact) mass is 356 g/mol. The molecule has 1 aromatic rings. The topological polar surface area (TPSA) is 96.7 Å². The lowest BCUT2D eigenvalue weighted by Crippen LogP contribution is -2.37. The van der Waals surface area contributed by atoms with E-state index in [4.69, 9.17) is 14.7 Å². The molecule has 1 saturated heterocycles. The number of hydrogen-bond acceptors (Lipinski definition) is 6. The quantitative estimate of drug-likeness (QED) is 0.437. The van der Waals surface area contributed by atoms with Crippen molar-refractivity contribution in [3.05, 3.63) is 29.8 Å². The van der Waals surface area contributed by atoms with Gasteiger partial charge in [0.15, 0.2) is 0 Å².